The molecule has 152 valence electrons. The molecule has 1 aromatic carbocycles. The van der Waals surface area contributed by atoms with Gasteiger partial charge in [0, 0.05) is 57.0 Å². The van der Waals surface area contributed by atoms with Crippen molar-refractivity contribution >= 4 is 11.6 Å². The van der Waals surface area contributed by atoms with Crippen LogP contribution >= 0.6 is 0 Å². The molecule has 0 radical (unpaired) electrons. The molecule has 0 amide bonds. The molecular formula is C22H39N5. The number of hydrogen-bond donors (Lipinski definition) is 2. The van der Waals surface area contributed by atoms with Crippen LogP contribution in [0.4, 0.5) is 5.69 Å². The van der Waals surface area contributed by atoms with Crippen LogP contribution in [0.1, 0.15) is 41.0 Å². The summed E-state index contributed by atoms with van der Waals surface area (Å²) in [7, 11) is 0. The van der Waals surface area contributed by atoms with E-state index in [1.807, 2.05) is 0 Å². The maximum absolute atomic E-state index is 4.86. The van der Waals surface area contributed by atoms with Crippen LogP contribution in [0.2, 0.25) is 0 Å². The Kier molecular flexibility index (Phi) is 8.92. The quantitative estimate of drug-likeness (QED) is 0.515. The van der Waals surface area contributed by atoms with Crippen LogP contribution in [-0.4, -0.2) is 62.2 Å². The molecule has 1 heterocycles. The van der Waals surface area contributed by atoms with Crippen molar-refractivity contribution in [2.45, 2.75) is 53.1 Å². The molecule has 1 aromatic rings. The van der Waals surface area contributed by atoms with Gasteiger partial charge < -0.3 is 15.5 Å². The van der Waals surface area contributed by atoms with Gasteiger partial charge in [-0.15, -0.1) is 0 Å². The molecule has 1 atom stereocenters. The summed E-state index contributed by atoms with van der Waals surface area (Å²) >= 11 is 0. The van der Waals surface area contributed by atoms with E-state index in [-0.39, 0.29) is 0 Å². The lowest BCUT2D eigenvalue weighted by Crippen LogP contribution is -2.45. The minimum Gasteiger partial charge on any atom is -0.371 e. The normalized spacial score (nSPS) is 18.0. The van der Waals surface area contributed by atoms with Crippen LogP contribution in [0, 0.1) is 5.92 Å². The maximum atomic E-state index is 4.86. The topological polar surface area (TPSA) is 42.9 Å². The van der Waals surface area contributed by atoms with Crippen LogP contribution in [0.5, 0.6) is 0 Å². The molecule has 0 bridgehead atoms. The number of para-hydroxylation sites is 1. The third kappa shape index (κ3) is 7.06. The van der Waals surface area contributed by atoms with E-state index in [2.05, 4.69) is 85.4 Å². The molecule has 0 aliphatic carbocycles. The minimum absolute atomic E-state index is 0.564. The van der Waals surface area contributed by atoms with Crippen molar-refractivity contribution < 1.29 is 0 Å². The first-order chi connectivity index (χ1) is 13.0. The number of nitrogens with zero attached hydrogens (tertiary/aromatic N) is 3. The second kappa shape index (κ2) is 11.2. The molecule has 0 saturated carbocycles. The van der Waals surface area contributed by atoms with E-state index < -0.39 is 0 Å². The number of rotatable bonds is 9. The molecule has 0 aromatic heterocycles. The number of anilines is 1. The Labute approximate surface area is 166 Å². The van der Waals surface area contributed by atoms with Crippen molar-refractivity contribution in [3.63, 3.8) is 0 Å². The van der Waals surface area contributed by atoms with Crippen molar-refractivity contribution in [1.82, 2.24) is 15.5 Å². The van der Waals surface area contributed by atoms with Crippen molar-refractivity contribution in [2.24, 2.45) is 10.9 Å². The zero-order valence-corrected chi connectivity index (χ0v) is 17.9. The molecule has 1 unspecified atom stereocenters. The van der Waals surface area contributed by atoms with E-state index >= 15 is 0 Å². The SMILES string of the molecule is CCNC(=NCC1CCN(c2ccccc2)C1)NCCN(C(C)C)C(C)C. The van der Waals surface area contributed by atoms with E-state index in [1.165, 1.54) is 12.1 Å². The monoisotopic (exact) mass is 373 g/mol. The summed E-state index contributed by atoms with van der Waals surface area (Å²) in [5.74, 6) is 1.58. The lowest BCUT2D eigenvalue weighted by atomic mass is 10.1. The molecule has 5 nitrogen and oxygen atoms in total. The molecule has 1 aliphatic rings. The number of guanidine groups is 1. The van der Waals surface area contributed by atoms with Crippen molar-refractivity contribution in [3.05, 3.63) is 30.3 Å². The molecule has 0 spiro atoms. The Morgan fingerprint density at radius 1 is 1.15 bits per heavy atom. The van der Waals surface area contributed by atoms with E-state index in [1.54, 1.807) is 0 Å². The first-order valence-corrected chi connectivity index (χ1v) is 10.6. The Morgan fingerprint density at radius 2 is 1.85 bits per heavy atom. The highest BCUT2D eigenvalue weighted by Crippen LogP contribution is 2.23. The lowest BCUT2D eigenvalue weighted by molar-refractivity contribution is 0.178. The predicted molar refractivity (Wildman–Crippen MR) is 118 cm³/mol. The molecule has 2 N–H and O–H groups in total. The van der Waals surface area contributed by atoms with Gasteiger partial charge in [-0.05, 0) is 59.1 Å². The van der Waals surface area contributed by atoms with Crippen LogP contribution in [0.15, 0.2) is 35.3 Å². The van der Waals surface area contributed by atoms with Gasteiger partial charge in [-0.25, -0.2) is 0 Å². The minimum atomic E-state index is 0.564. The average Bonchev–Trinajstić information content (AvgIpc) is 3.12. The Bertz CT molecular complexity index is 547. The highest BCUT2D eigenvalue weighted by molar-refractivity contribution is 5.79. The lowest BCUT2D eigenvalue weighted by Gasteiger charge is -2.30. The van der Waals surface area contributed by atoms with Gasteiger partial charge in [0.15, 0.2) is 5.96 Å². The number of nitrogens with one attached hydrogen (secondary N) is 2. The Hall–Kier alpha value is -1.75. The molecule has 2 rings (SSSR count). The predicted octanol–water partition coefficient (Wildman–Crippen LogP) is 3.19. The van der Waals surface area contributed by atoms with E-state index in [4.69, 9.17) is 4.99 Å². The van der Waals surface area contributed by atoms with Gasteiger partial charge in [0.1, 0.15) is 0 Å². The van der Waals surface area contributed by atoms with Crippen LogP contribution in [0.3, 0.4) is 0 Å². The summed E-state index contributed by atoms with van der Waals surface area (Å²) in [6.45, 7) is 17.1. The van der Waals surface area contributed by atoms with Gasteiger partial charge >= 0.3 is 0 Å². The summed E-state index contributed by atoms with van der Waals surface area (Å²) < 4.78 is 0. The summed E-state index contributed by atoms with van der Waals surface area (Å²) in [4.78, 5) is 9.84. The van der Waals surface area contributed by atoms with Gasteiger partial charge in [-0.3, -0.25) is 9.89 Å². The van der Waals surface area contributed by atoms with Crippen LogP contribution in [-0.2, 0) is 0 Å². The maximum Gasteiger partial charge on any atom is 0.191 e. The van der Waals surface area contributed by atoms with Gasteiger partial charge in [0.25, 0.3) is 0 Å². The number of benzene rings is 1. The molecular weight excluding hydrogens is 334 g/mol. The summed E-state index contributed by atoms with van der Waals surface area (Å²) in [5, 5.41) is 6.90. The smallest absolute Gasteiger partial charge is 0.191 e. The van der Waals surface area contributed by atoms with Gasteiger partial charge in [-0.1, -0.05) is 18.2 Å². The number of aliphatic imine (C=N–C) groups is 1. The number of hydrogen-bond acceptors (Lipinski definition) is 3. The zero-order valence-electron chi connectivity index (χ0n) is 17.9. The van der Waals surface area contributed by atoms with E-state index in [9.17, 15) is 0 Å². The molecule has 27 heavy (non-hydrogen) atoms. The first-order valence-electron chi connectivity index (χ1n) is 10.6. The standard InChI is InChI=1S/C22H39N5/c1-6-23-22(24-13-15-27(18(2)3)19(4)5)25-16-20-12-14-26(17-20)21-10-8-7-9-11-21/h7-11,18-20H,6,12-17H2,1-5H3,(H2,23,24,25). The first kappa shape index (κ1) is 21.5. The van der Waals surface area contributed by atoms with Crippen molar-refractivity contribution in [3.8, 4) is 0 Å². The fraction of sp³-hybridized carbons (Fsp3) is 0.682. The summed E-state index contributed by atoms with van der Waals surface area (Å²) in [6, 6.07) is 11.8. The zero-order chi connectivity index (χ0) is 19.6. The molecule has 1 aliphatic heterocycles. The second-order valence-electron chi connectivity index (χ2n) is 8.01. The largest absolute Gasteiger partial charge is 0.371 e. The van der Waals surface area contributed by atoms with E-state index in [0.29, 0.717) is 18.0 Å². The third-order valence-corrected chi connectivity index (χ3v) is 5.25. The van der Waals surface area contributed by atoms with Gasteiger partial charge in [0.2, 0.25) is 0 Å². The summed E-state index contributed by atoms with van der Waals surface area (Å²) in [6.07, 6.45) is 1.21. The molecule has 1 saturated heterocycles. The fourth-order valence-corrected chi connectivity index (χ4v) is 3.83. The highest BCUT2D eigenvalue weighted by atomic mass is 15.2. The van der Waals surface area contributed by atoms with Crippen LogP contribution in [0.25, 0.3) is 0 Å². The Balaban J connectivity index is 1.81. The Morgan fingerprint density at radius 3 is 2.48 bits per heavy atom. The van der Waals surface area contributed by atoms with E-state index in [0.717, 1.165) is 45.2 Å². The molecule has 5 heteroatoms. The van der Waals surface area contributed by atoms with Gasteiger partial charge in [0.05, 0.1) is 0 Å². The van der Waals surface area contributed by atoms with Gasteiger partial charge in [-0.2, -0.15) is 0 Å². The summed E-state index contributed by atoms with van der Waals surface area (Å²) in [5.41, 5.74) is 1.33. The van der Waals surface area contributed by atoms with Crippen molar-refractivity contribution in [2.75, 3.05) is 44.2 Å². The third-order valence-electron chi connectivity index (χ3n) is 5.25. The molecule has 1 fully saturated rings. The van der Waals surface area contributed by atoms with Crippen molar-refractivity contribution in [1.29, 1.82) is 0 Å². The average molecular weight is 374 g/mol. The fourth-order valence-electron chi connectivity index (χ4n) is 3.83. The van der Waals surface area contributed by atoms with Crippen LogP contribution < -0.4 is 15.5 Å². The second-order valence-corrected chi connectivity index (χ2v) is 8.01. The highest BCUT2D eigenvalue weighted by Gasteiger charge is 2.22.